The van der Waals surface area contributed by atoms with Gasteiger partial charge in [-0.05, 0) is 12.1 Å². The minimum atomic E-state index is -0.281. The van der Waals surface area contributed by atoms with Gasteiger partial charge in [-0.25, -0.2) is 5.84 Å². The molecular weight excluding hydrogens is 312 g/mol. The highest BCUT2D eigenvalue weighted by molar-refractivity contribution is 7.99. The predicted molar refractivity (Wildman–Crippen MR) is 87.6 cm³/mol. The van der Waals surface area contributed by atoms with Crippen molar-refractivity contribution >= 4 is 17.7 Å². The van der Waals surface area contributed by atoms with E-state index in [1.807, 2.05) is 47.0 Å². The van der Waals surface area contributed by atoms with Gasteiger partial charge in [0.05, 0.1) is 17.6 Å². The van der Waals surface area contributed by atoms with Crippen molar-refractivity contribution in [2.75, 3.05) is 5.75 Å². The molecular formula is C15H14N6OS. The van der Waals surface area contributed by atoms with Crippen LogP contribution < -0.4 is 11.3 Å². The van der Waals surface area contributed by atoms with E-state index in [4.69, 9.17) is 5.84 Å². The maximum Gasteiger partial charge on any atom is 0.244 e. The van der Waals surface area contributed by atoms with Crippen LogP contribution in [0.1, 0.15) is 0 Å². The molecule has 0 saturated carbocycles. The summed E-state index contributed by atoms with van der Waals surface area (Å²) in [5.41, 5.74) is 3.86. The van der Waals surface area contributed by atoms with Crippen molar-refractivity contribution in [3.63, 3.8) is 0 Å². The van der Waals surface area contributed by atoms with E-state index in [0.717, 1.165) is 11.3 Å². The summed E-state index contributed by atoms with van der Waals surface area (Å²) in [7, 11) is 0. The van der Waals surface area contributed by atoms with Crippen LogP contribution in [0.4, 0.5) is 0 Å². The summed E-state index contributed by atoms with van der Waals surface area (Å²) in [5.74, 6) is 5.68. The van der Waals surface area contributed by atoms with Crippen LogP contribution in [0.15, 0.2) is 60.0 Å². The molecule has 0 aliphatic carbocycles. The molecule has 1 amide bonds. The molecule has 0 bridgehead atoms. The van der Waals surface area contributed by atoms with Gasteiger partial charge < -0.3 is 0 Å². The molecule has 8 heteroatoms. The molecule has 0 aliphatic heterocycles. The number of carbonyl (C=O) groups excluding carboxylic acids is 1. The number of aromatic nitrogens is 4. The molecule has 2 heterocycles. The van der Waals surface area contributed by atoms with E-state index in [-0.39, 0.29) is 11.7 Å². The maximum atomic E-state index is 11.4. The first-order valence-electron chi connectivity index (χ1n) is 6.83. The number of pyridine rings is 1. The van der Waals surface area contributed by atoms with E-state index >= 15 is 0 Å². The number of thioether (sulfide) groups is 1. The van der Waals surface area contributed by atoms with Gasteiger partial charge in [-0.2, -0.15) is 0 Å². The normalized spacial score (nSPS) is 10.5. The summed E-state index contributed by atoms with van der Waals surface area (Å²) in [6.45, 7) is 0. The van der Waals surface area contributed by atoms with E-state index in [2.05, 4.69) is 20.6 Å². The minimum Gasteiger partial charge on any atom is -0.294 e. The average molecular weight is 326 g/mol. The van der Waals surface area contributed by atoms with Crippen LogP contribution in [-0.4, -0.2) is 31.4 Å². The van der Waals surface area contributed by atoms with E-state index in [1.54, 1.807) is 12.4 Å². The molecule has 7 nitrogen and oxygen atoms in total. The molecule has 3 rings (SSSR count). The van der Waals surface area contributed by atoms with Crippen molar-refractivity contribution in [1.29, 1.82) is 0 Å². The third-order valence-corrected chi connectivity index (χ3v) is 3.99. The molecule has 3 aromatic rings. The highest BCUT2D eigenvalue weighted by Crippen LogP contribution is 2.27. The van der Waals surface area contributed by atoms with Crippen molar-refractivity contribution < 1.29 is 4.79 Å². The first kappa shape index (κ1) is 15.2. The molecule has 1 aromatic carbocycles. The molecule has 0 aliphatic rings. The lowest BCUT2D eigenvalue weighted by Gasteiger charge is -2.09. The SMILES string of the molecule is NNC(=O)CSc1nnc(-c2ccccc2)n1-c1cccnc1. The van der Waals surface area contributed by atoms with Crippen LogP contribution in [0, 0.1) is 0 Å². The van der Waals surface area contributed by atoms with Gasteiger partial charge in [-0.3, -0.25) is 19.8 Å². The van der Waals surface area contributed by atoms with Crippen molar-refractivity contribution in [1.82, 2.24) is 25.2 Å². The third kappa shape index (κ3) is 3.38. The van der Waals surface area contributed by atoms with E-state index < -0.39 is 0 Å². The Kier molecular flexibility index (Phi) is 4.65. The standard InChI is InChI=1S/C15H14N6OS/c16-18-13(22)10-23-15-20-19-14(11-5-2-1-3-6-11)21(15)12-7-4-8-17-9-12/h1-9H,10,16H2,(H,18,22). The number of benzene rings is 1. The summed E-state index contributed by atoms with van der Waals surface area (Å²) in [6.07, 6.45) is 3.42. The van der Waals surface area contributed by atoms with Gasteiger partial charge in [0.1, 0.15) is 0 Å². The Balaban J connectivity index is 2.04. The Morgan fingerprint density at radius 1 is 1.17 bits per heavy atom. The number of hydrogen-bond acceptors (Lipinski definition) is 6. The summed E-state index contributed by atoms with van der Waals surface area (Å²) in [5, 5.41) is 9.07. The zero-order valence-electron chi connectivity index (χ0n) is 12.1. The molecule has 3 N–H and O–H groups in total. The van der Waals surface area contributed by atoms with Crippen LogP contribution >= 0.6 is 11.8 Å². The number of amides is 1. The van der Waals surface area contributed by atoms with Gasteiger partial charge in [-0.15, -0.1) is 10.2 Å². The highest BCUT2D eigenvalue weighted by atomic mass is 32.2. The molecule has 0 fully saturated rings. The molecule has 23 heavy (non-hydrogen) atoms. The second-order valence-corrected chi connectivity index (χ2v) is 5.52. The van der Waals surface area contributed by atoms with Crippen LogP contribution in [0.25, 0.3) is 17.1 Å². The lowest BCUT2D eigenvalue weighted by atomic mass is 10.2. The quantitative estimate of drug-likeness (QED) is 0.318. The van der Waals surface area contributed by atoms with E-state index in [1.165, 1.54) is 11.8 Å². The van der Waals surface area contributed by atoms with E-state index in [9.17, 15) is 4.79 Å². The van der Waals surface area contributed by atoms with Crippen LogP contribution in [-0.2, 0) is 4.79 Å². The zero-order chi connectivity index (χ0) is 16.1. The first-order valence-corrected chi connectivity index (χ1v) is 7.81. The second kappa shape index (κ2) is 7.03. The number of rotatable bonds is 5. The summed E-state index contributed by atoms with van der Waals surface area (Å²) in [6, 6.07) is 13.5. The van der Waals surface area contributed by atoms with Gasteiger partial charge >= 0.3 is 0 Å². The molecule has 0 radical (unpaired) electrons. The Bertz CT molecular complexity index is 790. The molecule has 0 atom stereocenters. The fourth-order valence-corrected chi connectivity index (χ4v) is 2.79. The van der Waals surface area contributed by atoms with Crippen molar-refractivity contribution in [2.45, 2.75) is 5.16 Å². The number of nitrogens with two attached hydrogens (primary N) is 1. The first-order chi connectivity index (χ1) is 11.3. The monoisotopic (exact) mass is 326 g/mol. The number of nitrogens with one attached hydrogen (secondary N) is 1. The average Bonchev–Trinajstić information content (AvgIpc) is 3.05. The maximum absolute atomic E-state index is 11.4. The van der Waals surface area contributed by atoms with Gasteiger partial charge in [0.2, 0.25) is 5.91 Å². The Labute approximate surface area is 136 Å². The summed E-state index contributed by atoms with van der Waals surface area (Å²) in [4.78, 5) is 15.5. The molecule has 0 spiro atoms. The molecule has 0 unspecified atom stereocenters. The number of hydrogen-bond donors (Lipinski definition) is 2. The van der Waals surface area contributed by atoms with Crippen molar-refractivity contribution in [3.05, 3.63) is 54.9 Å². The van der Waals surface area contributed by atoms with Crippen molar-refractivity contribution in [3.8, 4) is 17.1 Å². The van der Waals surface area contributed by atoms with E-state index in [0.29, 0.717) is 11.0 Å². The zero-order valence-corrected chi connectivity index (χ0v) is 12.9. The van der Waals surface area contributed by atoms with Crippen molar-refractivity contribution in [2.24, 2.45) is 5.84 Å². The Morgan fingerprint density at radius 2 is 2.00 bits per heavy atom. The van der Waals surface area contributed by atoms with Gasteiger partial charge in [0.15, 0.2) is 11.0 Å². The smallest absolute Gasteiger partial charge is 0.244 e. The second-order valence-electron chi connectivity index (χ2n) is 4.58. The number of carbonyl (C=O) groups is 1. The van der Waals surface area contributed by atoms with Crippen LogP contribution in [0.2, 0.25) is 0 Å². The van der Waals surface area contributed by atoms with Crippen LogP contribution in [0.5, 0.6) is 0 Å². The lowest BCUT2D eigenvalue weighted by molar-refractivity contribution is -0.118. The fraction of sp³-hybridized carbons (Fsp3) is 0.0667. The fourth-order valence-electron chi connectivity index (χ4n) is 2.03. The summed E-state index contributed by atoms with van der Waals surface area (Å²) >= 11 is 1.26. The molecule has 2 aromatic heterocycles. The van der Waals surface area contributed by atoms with Gasteiger partial charge in [0, 0.05) is 11.8 Å². The number of hydrazine groups is 1. The number of nitrogens with zero attached hydrogens (tertiary/aromatic N) is 4. The highest BCUT2D eigenvalue weighted by Gasteiger charge is 2.16. The summed E-state index contributed by atoms with van der Waals surface area (Å²) < 4.78 is 1.87. The Morgan fingerprint density at radius 3 is 2.70 bits per heavy atom. The third-order valence-electron chi connectivity index (χ3n) is 3.06. The van der Waals surface area contributed by atoms with Gasteiger partial charge in [0.25, 0.3) is 0 Å². The molecule has 0 saturated heterocycles. The minimum absolute atomic E-state index is 0.156. The van der Waals surface area contributed by atoms with Crippen LogP contribution in [0.3, 0.4) is 0 Å². The van der Waals surface area contributed by atoms with Gasteiger partial charge in [-0.1, -0.05) is 42.1 Å². The Hall–Kier alpha value is -2.71. The topological polar surface area (TPSA) is 98.7 Å². The largest absolute Gasteiger partial charge is 0.294 e. The predicted octanol–water partition coefficient (Wildman–Crippen LogP) is 1.41. The molecule has 116 valence electrons. The lowest BCUT2D eigenvalue weighted by Crippen LogP contribution is -2.31.